The molecule has 0 aliphatic carbocycles. The number of fused-ring (bicyclic) bond motifs is 1. The molecule has 3 rings (SSSR count). The zero-order chi connectivity index (χ0) is 15.7. The fourth-order valence-electron chi connectivity index (χ4n) is 2.63. The molecular weight excluding hydrogens is 300 g/mol. The van der Waals surface area contributed by atoms with Gasteiger partial charge in [-0.3, -0.25) is 9.59 Å². The van der Waals surface area contributed by atoms with Crippen molar-refractivity contribution in [1.29, 1.82) is 0 Å². The van der Waals surface area contributed by atoms with Crippen LogP contribution in [0.5, 0.6) is 0 Å². The second-order valence-electron chi connectivity index (χ2n) is 5.30. The highest BCUT2D eigenvalue weighted by Crippen LogP contribution is 2.32. The largest absolute Gasteiger partial charge is 0.324 e. The number of rotatable bonds is 1. The number of benzene rings is 2. The van der Waals surface area contributed by atoms with E-state index < -0.39 is 0 Å². The number of amides is 2. The molecule has 5 heteroatoms. The quantitative estimate of drug-likeness (QED) is 0.872. The average Bonchev–Trinajstić information content (AvgIpc) is 2.61. The van der Waals surface area contributed by atoms with Gasteiger partial charge in [-0.2, -0.15) is 0 Å². The zero-order valence-electron chi connectivity index (χ0n) is 12.0. The zero-order valence-corrected chi connectivity index (χ0v) is 12.8. The molecule has 0 saturated carbocycles. The summed E-state index contributed by atoms with van der Waals surface area (Å²) >= 11 is 5.88. The van der Waals surface area contributed by atoms with E-state index in [1.54, 1.807) is 35.2 Å². The summed E-state index contributed by atoms with van der Waals surface area (Å²) < 4.78 is 0. The highest BCUT2D eigenvalue weighted by Gasteiger charge is 2.30. The van der Waals surface area contributed by atoms with Gasteiger partial charge in [0.25, 0.3) is 5.91 Å². The topological polar surface area (TPSA) is 49.4 Å². The van der Waals surface area contributed by atoms with E-state index in [1.165, 1.54) is 0 Å². The standard InChI is InChI=1S/C17H15ClN2O2/c1-11-10-16(21)19-14-4-2-3-5-15(14)20(11)17(22)12-6-8-13(18)9-7-12/h2-9,11H,10H2,1H3,(H,19,21)/t11-/m1/s1. The van der Waals surface area contributed by atoms with Crippen molar-refractivity contribution in [2.24, 2.45) is 0 Å². The minimum atomic E-state index is -0.230. The Kier molecular flexibility index (Phi) is 3.86. The summed E-state index contributed by atoms with van der Waals surface area (Å²) in [5.74, 6) is -0.237. The van der Waals surface area contributed by atoms with Gasteiger partial charge in [0.1, 0.15) is 0 Å². The first-order chi connectivity index (χ1) is 10.6. The summed E-state index contributed by atoms with van der Waals surface area (Å²) in [5, 5.41) is 3.43. The molecule has 0 saturated heterocycles. The third kappa shape index (κ3) is 2.70. The second-order valence-corrected chi connectivity index (χ2v) is 5.74. The van der Waals surface area contributed by atoms with Gasteiger partial charge in [-0.1, -0.05) is 23.7 Å². The molecule has 22 heavy (non-hydrogen) atoms. The molecule has 2 aromatic carbocycles. The fraction of sp³-hybridized carbons (Fsp3) is 0.176. The molecule has 0 fully saturated rings. The predicted octanol–water partition coefficient (Wildman–Crippen LogP) is 3.72. The van der Waals surface area contributed by atoms with Crippen molar-refractivity contribution in [2.45, 2.75) is 19.4 Å². The smallest absolute Gasteiger partial charge is 0.258 e. The molecule has 0 aromatic heterocycles. The number of nitrogens with zero attached hydrogens (tertiary/aromatic N) is 1. The van der Waals surface area contributed by atoms with Gasteiger partial charge in [0, 0.05) is 23.0 Å². The predicted molar refractivity (Wildman–Crippen MR) is 87.4 cm³/mol. The minimum absolute atomic E-state index is 0.0913. The number of para-hydroxylation sites is 2. The minimum Gasteiger partial charge on any atom is -0.324 e. The molecule has 4 nitrogen and oxygen atoms in total. The van der Waals surface area contributed by atoms with Gasteiger partial charge in [0.2, 0.25) is 5.91 Å². The van der Waals surface area contributed by atoms with E-state index in [-0.39, 0.29) is 24.3 Å². The number of hydrogen-bond donors (Lipinski definition) is 1. The highest BCUT2D eigenvalue weighted by molar-refractivity contribution is 6.30. The average molecular weight is 315 g/mol. The lowest BCUT2D eigenvalue weighted by atomic mass is 10.1. The monoisotopic (exact) mass is 314 g/mol. The summed E-state index contributed by atoms with van der Waals surface area (Å²) in [5.41, 5.74) is 1.90. The van der Waals surface area contributed by atoms with Gasteiger partial charge < -0.3 is 10.2 Å². The van der Waals surface area contributed by atoms with E-state index in [4.69, 9.17) is 11.6 Å². The maximum Gasteiger partial charge on any atom is 0.258 e. The van der Waals surface area contributed by atoms with E-state index in [0.29, 0.717) is 22.0 Å². The lowest BCUT2D eigenvalue weighted by Gasteiger charge is -2.28. The van der Waals surface area contributed by atoms with Gasteiger partial charge in [-0.15, -0.1) is 0 Å². The number of carbonyl (C=O) groups is 2. The maximum atomic E-state index is 12.9. The first-order valence-corrected chi connectivity index (χ1v) is 7.42. The van der Waals surface area contributed by atoms with Crippen LogP contribution in [-0.2, 0) is 4.79 Å². The molecule has 112 valence electrons. The lowest BCUT2D eigenvalue weighted by molar-refractivity contribution is -0.116. The Hall–Kier alpha value is -2.33. The van der Waals surface area contributed by atoms with Crippen LogP contribution >= 0.6 is 11.6 Å². The van der Waals surface area contributed by atoms with E-state index in [0.717, 1.165) is 0 Å². The van der Waals surface area contributed by atoms with Gasteiger partial charge in [0.05, 0.1) is 11.4 Å². The Labute approximate surface area is 133 Å². The van der Waals surface area contributed by atoms with Crippen molar-refractivity contribution in [2.75, 3.05) is 10.2 Å². The first kappa shape index (κ1) is 14.6. The third-order valence-electron chi connectivity index (χ3n) is 3.67. The SMILES string of the molecule is C[C@@H]1CC(=O)Nc2ccccc2N1C(=O)c1ccc(Cl)cc1. The number of halogens is 1. The van der Waals surface area contributed by atoms with Crippen LogP contribution in [0.2, 0.25) is 5.02 Å². The van der Waals surface area contributed by atoms with Crippen LogP contribution in [0.4, 0.5) is 11.4 Å². The normalized spacial score (nSPS) is 17.5. The van der Waals surface area contributed by atoms with Crippen LogP contribution in [-0.4, -0.2) is 17.9 Å². The molecule has 0 unspecified atom stereocenters. The summed E-state index contributed by atoms with van der Waals surface area (Å²) in [6, 6.07) is 13.9. The Morgan fingerprint density at radius 2 is 1.86 bits per heavy atom. The molecule has 1 N–H and O–H groups in total. The van der Waals surface area contributed by atoms with Gasteiger partial charge in [-0.05, 0) is 43.3 Å². The van der Waals surface area contributed by atoms with Crippen LogP contribution in [0.1, 0.15) is 23.7 Å². The Bertz CT molecular complexity index is 728. The summed E-state index contributed by atoms with van der Waals surface area (Å²) in [7, 11) is 0. The Morgan fingerprint density at radius 1 is 1.18 bits per heavy atom. The van der Waals surface area contributed by atoms with Crippen molar-refractivity contribution < 1.29 is 9.59 Å². The van der Waals surface area contributed by atoms with Gasteiger partial charge in [-0.25, -0.2) is 0 Å². The maximum absolute atomic E-state index is 12.9. The number of anilines is 2. The van der Waals surface area contributed by atoms with Crippen molar-refractivity contribution in [3.05, 3.63) is 59.1 Å². The molecule has 2 amide bonds. The fourth-order valence-corrected chi connectivity index (χ4v) is 2.75. The first-order valence-electron chi connectivity index (χ1n) is 7.04. The van der Waals surface area contributed by atoms with Crippen LogP contribution in [0, 0.1) is 0 Å². The van der Waals surface area contributed by atoms with Crippen LogP contribution in [0.15, 0.2) is 48.5 Å². The van der Waals surface area contributed by atoms with Crippen molar-refractivity contribution in [1.82, 2.24) is 0 Å². The molecule has 1 heterocycles. The van der Waals surface area contributed by atoms with Crippen LogP contribution < -0.4 is 10.2 Å². The number of carbonyl (C=O) groups excluding carboxylic acids is 2. The van der Waals surface area contributed by atoms with Crippen molar-refractivity contribution in [3.63, 3.8) is 0 Å². The summed E-state index contributed by atoms with van der Waals surface area (Å²) in [6.45, 7) is 1.87. The molecule has 1 aliphatic heterocycles. The molecule has 0 radical (unpaired) electrons. The molecule has 0 spiro atoms. The lowest BCUT2D eigenvalue weighted by Crippen LogP contribution is -2.39. The second kappa shape index (κ2) is 5.81. The van der Waals surface area contributed by atoms with E-state index >= 15 is 0 Å². The molecule has 1 aliphatic rings. The molecule has 1 atom stereocenters. The van der Waals surface area contributed by atoms with Crippen LogP contribution in [0.25, 0.3) is 0 Å². The van der Waals surface area contributed by atoms with Crippen molar-refractivity contribution in [3.8, 4) is 0 Å². The summed E-state index contributed by atoms with van der Waals surface area (Å²) in [4.78, 5) is 26.5. The third-order valence-corrected chi connectivity index (χ3v) is 3.92. The van der Waals surface area contributed by atoms with Crippen molar-refractivity contribution >= 4 is 34.8 Å². The van der Waals surface area contributed by atoms with Gasteiger partial charge >= 0.3 is 0 Å². The van der Waals surface area contributed by atoms with Gasteiger partial charge in [0.15, 0.2) is 0 Å². The summed E-state index contributed by atoms with van der Waals surface area (Å²) in [6.07, 6.45) is 0.258. The van der Waals surface area contributed by atoms with E-state index in [2.05, 4.69) is 5.32 Å². The van der Waals surface area contributed by atoms with Crippen LogP contribution in [0.3, 0.4) is 0 Å². The van der Waals surface area contributed by atoms with E-state index in [1.807, 2.05) is 25.1 Å². The molecule has 0 bridgehead atoms. The number of nitrogens with one attached hydrogen (secondary N) is 1. The Balaban J connectivity index is 2.05. The molecule has 2 aromatic rings. The Morgan fingerprint density at radius 3 is 2.59 bits per heavy atom. The highest BCUT2D eigenvalue weighted by atomic mass is 35.5. The molecular formula is C17H15ClN2O2. The van der Waals surface area contributed by atoms with E-state index in [9.17, 15) is 9.59 Å². The number of hydrogen-bond acceptors (Lipinski definition) is 2.